The van der Waals surface area contributed by atoms with E-state index in [2.05, 4.69) is 17.6 Å². The van der Waals surface area contributed by atoms with Crippen LogP contribution in [0.4, 0.5) is 10.1 Å². The van der Waals surface area contributed by atoms with Crippen molar-refractivity contribution in [2.24, 2.45) is 0 Å². The largest absolute Gasteiger partial charge is 0.360 e. The van der Waals surface area contributed by atoms with Gasteiger partial charge in [0.1, 0.15) is 5.82 Å². The Kier molecular flexibility index (Phi) is 4.49. The van der Waals surface area contributed by atoms with Crippen LogP contribution in [-0.2, 0) is 0 Å². The maximum atomic E-state index is 12.8. The van der Waals surface area contributed by atoms with Crippen LogP contribution in [-0.4, -0.2) is 11.2 Å². The lowest BCUT2D eigenvalue weighted by Crippen LogP contribution is -2.35. The highest BCUT2D eigenvalue weighted by Gasteiger charge is 2.02. The zero-order valence-corrected chi connectivity index (χ0v) is 9.70. The minimum atomic E-state index is -0.272. The average molecular weight is 226 g/mol. The molecule has 0 saturated carbocycles. The predicted octanol–water partition coefficient (Wildman–Crippen LogP) is 2.91. The van der Waals surface area contributed by atoms with Crippen LogP contribution in [0.1, 0.15) is 20.3 Å². The van der Waals surface area contributed by atoms with Crippen molar-refractivity contribution in [3.8, 4) is 0 Å². The Balaban J connectivity index is 2.51. The first-order chi connectivity index (χ1) is 7.11. The Morgan fingerprint density at radius 2 is 2.27 bits per heavy atom. The Bertz CT molecular complexity index is 341. The predicted molar refractivity (Wildman–Crippen MR) is 65.5 cm³/mol. The van der Waals surface area contributed by atoms with Crippen LogP contribution in [0.5, 0.6) is 0 Å². The molecule has 0 aliphatic carbocycles. The second kappa shape index (κ2) is 5.66. The molecule has 4 heteroatoms. The smallest absolute Gasteiger partial charge is 0.170 e. The van der Waals surface area contributed by atoms with Crippen LogP contribution >= 0.6 is 12.2 Å². The number of hydrogen-bond donors (Lipinski definition) is 2. The molecule has 0 saturated heterocycles. The van der Waals surface area contributed by atoms with Crippen LogP contribution in [0.15, 0.2) is 24.3 Å². The Morgan fingerprint density at radius 1 is 1.53 bits per heavy atom. The zero-order chi connectivity index (χ0) is 11.3. The third-order valence-corrected chi connectivity index (χ3v) is 2.29. The van der Waals surface area contributed by atoms with Crippen molar-refractivity contribution in [1.82, 2.24) is 5.32 Å². The molecule has 1 rings (SSSR count). The fourth-order valence-electron chi connectivity index (χ4n) is 1.06. The van der Waals surface area contributed by atoms with Gasteiger partial charge in [-0.05, 0) is 43.8 Å². The SMILES string of the molecule is CC[C@H](C)NC(=S)Nc1cccc(F)c1. The fraction of sp³-hybridized carbons (Fsp3) is 0.364. The van der Waals surface area contributed by atoms with E-state index in [0.717, 1.165) is 6.42 Å². The molecule has 0 unspecified atom stereocenters. The summed E-state index contributed by atoms with van der Waals surface area (Å²) in [5, 5.41) is 6.55. The lowest BCUT2D eigenvalue weighted by atomic mass is 10.3. The van der Waals surface area contributed by atoms with E-state index in [1.807, 2.05) is 6.92 Å². The van der Waals surface area contributed by atoms with Crippen molar-refractivity contribution in [2.75, 3.05) is 5.32 Å². The minimum absolute atomic E-state index is 0.272. The molecular formula is C11H15FN2S. The monoisotopic (exact) mass is 226 g/mol. The molecular weight excluding hydrogens is 211 g/mol. The lowest BCUT2D eigenvalue weighted by Gasteiger charge is -2.15. The molecule has 0 aromatic heterocycles. The van der Waals surface area contributed by atoms with Gasteiger partial charge in [-0.25, -0.2) is 4.39 Å². The van der Waals surface area contributed by atoms with E-state index in [-0.39, 0.29) is 5.82 Å². The molecule has 1 atom stereocenters. The number of benzene rings is 1. The second-order valence-corrected chi connectivity index (χ2v) is 3.83. The van der Waals surface area contributed by atoms with Gasteiger partial charge in [0.2, 0.25) is 0 Å². The van der Waals surface area contributed by atoms with Gasteiger partial charge in [-0.15, -0.1) is 0 Å². The third kappa shape index (κ3) is 4.25. The topological polar surface area (TPSA) is 24.1 Å². The van der Waals surface area contributed by atoms with E-state index >= 15 is 0 Å². The number of hydrogen-bond acceptors (Lipinski definition) is 1. The normalized spacial score (nSPS) is 11.9. The van der Waals surface area contributed by atoms with Crippen molar-refractivity contribution in [1.29, 1.82) is 0 Å². The zero-order valence-electron chi connectivity index (χ0n) is 8.88. The summed E-state index contributed by atoms with van der Waals surface area (Å²) in [6.45, 7) is 4.11. The standard InChI is InChI=1S/C11H15FN2S/c1-3-8(2)13-11(15)14-10-6-4-5-9(12)7-10/h4-8H,3H2,1-2H3,(H2,13,14,15)/t8-/m0/s1. The van der Waals surface area contributed by atoms with Gasteiger partial charge in [-0.2, -0.15) is 0 Å². The van der Waals surface area contributed by atoms with Crippen LogP contribution in [0.25, 0.3) is 0 Å². The van der Waals surface area contributed by atoms with Crippen LogP contribution in [0.3, 0.4) is 0 Å². The van der Waals surface area contributed by atoms with Gasteiger partial charge in [0.25, 0.3) is 0 Å². The molecule has 2 nitrogen and oxygen atoms in total. The third-order valence-electron chi connectivity index (χ3n) is 2.07. The molecule has 0 amide bonds. The van der Waals surface area contributed by atoms with E-state index in [1.165, 1.54) is 12.1 Å². The Hall–Kier alpha value is -1.16. The second-order valence-electron chi connectivity index (χ2n) is 3.42. The first kappa shape index (κ1) is 11.9. The van der Waals surface area contributed by atoms with Crippen molar-refractivity contribution >= 4 is 23.0 Å². The highest BCUT2D eigenvalue weighted by atomic mass is 32.1. The summed E-state index contributed by atoms with van der Waals surface area (Å²) in [6, 6.07) is 6.54. The molecule has 0 spiro atoms. The van der Waals surface area contributed by atoms with Crippen molar-refractivity contribution in [2.45, 2.75) is 26.3 Å². The molecule has 82 valence electrons. The number of nitrogens with one attached hydrogen (secondary N) is 2. The molecule has 0 bridgehead atoms. The van der Waals surface area contributed by atoms with Gasteiger partial charge in [0, 0.05) is 11.7 Å². The van der Waals surface area contributed by atoms with E-state index < -0.39 is 0 Å². The van der Waals surface area contributed by atoms with E-state index in [9.17, 15) is 4.39 Å². The summed E-state index contributed by atoms with van der Waals surface area (Å²) in [6.07, 6.45) is 0.991. The maximum Gasteiger partial charge on any atom is 0.170 e. The Labute approximate surface area is 94.9 Å². The number of thiocarbonyl (C=S) groups is 1. The summed E-state index contributed by atoms with van der Waals surface area (Å²) < 4.78 is 12.8. The first-order valence-electron chi connectivity index (χ1n) is 4.95. The summed E-state index contributed by atoms with van der Waals surface area (Å²) in [7, 11) is 0. The van der Waals surface area contributed by atoms with Crippen LogP contribution in [0, 0.1) is 5.82 Å². The lowest BCUT2D eigenvalue weighted by molar-refractivity contribution is 0.628. The van der Waals surface area contributed by atoms with E-state index in [0.29, 0.717) is 16.8 Å². The van der Waals surface area contributed by atoms with Crippen molar-refractivity contribution < 1.29 is 4.39 Å². The molecule has 2 N–H and O–H groups in total. The van der Waals surface area contributed by atoms with Gasteiger partial charge >= 0.3 is 0 Å². The number of rotatable bonds is 3. The molecule has 0 fully saturated rings. The van der Waals surface area contributed by atoms with Crippen molar-refractivity contribution in [3.63, 3.8) is 0 Å². The molecule has 0 aliphatic heterocycles. The highest BCUT2D eigenvalue weighted by molar-refractivity contribution is 7.80. The first-order valence-corrected chi connectivity index (χ1v) is 5.35. The van der Waals surface area contributed by atoms with Gasteiger partial charge < -0.3 is 10.6 Å². The summed E-state index contributed by atoms with van der Waals surface area (Å²) in [4.78, 5) is 0. The summed E-state index contributed by atoms with van der Waals surface area (Å²) in [5.41, 5.74) is 0.663. The molecule has 1 aromatic rings. The number of anilines is 1. The highest BCUT2D eigenvalue weighted by Crippen LogP contribution is 2.08. The van der Waals surface area contributed by atoms with E-state index in [4.69, 9.17) is 12.2 Å². The minimum Gasteiger partial charge on any atom is -0.360 e. The van der Waals surface area contributed by atoms with E-state index in [1.54, 1.807) is 12.1 Å². The molecule has 1 aromatic carbocycles. The molecule has 0 heterocycles. The van der Waals surface area contributed by atoms with Gasteiger partial charge in [-0.1, -0.05) is 13.0 Å². The molecule has 0 aliphatic rings. The van der Waals surface area contributed by atoms with Gasteiger partial charge in [0.15, 0.2) is 5.11 Å². The summed E-state index contributed by atoms with van der Waals surface area (Å²) in [5.74, 6) is -0.272. The van der Waals surface area contributed by atoms with Gasteiger partial charge in [-0.3, -0.25) is 0 Å². The van der Waals surface area contributed by atoms with Crippen molar-refractivity contribution in [3.05, 3.63) is 30.1 Å². The van der Waals surface area contributed by atoms with Gasteiger partial charge in [0.05, 0.1) is 0 Å². The fourth-order valence-corrected chi connectivity index (χ4v) is 1.38. The quantitative estimate of drug-likeness (QED) is 0.775. The van der Waals surface area contributed by atoms with Crippen LogP contribution in [0.2, 0.25) is 0 Å². The molecule has 15 heavy (non-hydrogen) atoms. The molecule has 0 radical (unpaired) electrons. The Morgan fingerprint density at radius 3 is 2.87 bits per heavy atom. The maximum absolute atomic E-state index is 12.8. The summed E-state index contributed by atoms with van der Waals surface area (Å²) >= 11 is 5.08. The number of halogens is 1. The van der Waals surface area contributed by atoms with Crippen LogP contribution < -0.4 is 10.6 Å². The average Bonchev–Trinajstić information content (AvgIpc) is 2.17.